The monoisotopic (exact) mass is 335 g/mol. The Kier molecular flexibility index (Phi) is 4.98. The van der Waals surface area contributed by atoms with E-state index in [9.17, 15) is 9.59 Å². The number of hydrogen-bond acceptors (Lipinski definition) is 2. The lowest BCUT2D eigenvalue weighted by molar-refractivity contribution is -0.137. The Morgan fingerprint density at radius 1 is 1.12 bits per heavy atom. The second-order valence-electron chi connectivity index (χ2n) is 6.38. The van der Waals surface area contributed by atoms with Gasteiger partial charge in [0, 0.05) is 23.2 Å². The van der Waals surface area contributed by atoms with Crippen molar-refractivity contribution in [3.63, 3.8) is 0 Å². The second kappa shape index (κ2) is 7.34. The van der Waals surface area contributed by atoms with Crippen LogP contribution < -0.4 is 4.90 Å². The third-order valence-electron chi connectivity index (χ3n) is 4.46. The average molecular weight is 335 g/mol. The quantitative estimate of drug-likeness (QED) is 0.782. The molecule has 0 saturated carbocycles. The molecule has 0 aliphatic carbocycles. The molecule has 128 valence electrons. The highest BCUT2D eigenvalue weighted by Crippen LogP contribution is 2.41. The molecule has 25 heavy (non-hydrogen) atoms. The van der Waals surface area contributed by atoms with Crippen LogP contribution in [0.2, 0.25) is 0 Å². The summed E-state index contributed by atoms with van der Waals surface area (Å²) >= 11 is 0. The lowest BCUT2D eigenvalue weighted by Gasteiger charge is -2.16. The van der Waals surface area contributed by atoms with Crippen molar-refractivity contribution < 1.29 is 14.7 Å². The summed E-state index contributed by atoms with van der Waals surface area (Å²) in [6.45, 7) is 2.01. The smallest absolute Gasteiger partial charge is 0.303 e. The first kappa shape index (κ1) is 17.0. The highest BCUT2D eigenvalue weighted by Gasteiger charge is 2.32. The molecule has 2 aromatic carbocycles. The number of rotatable bonds is 6. The lowest BCUT2D eigenvalue weighted by atomic mass is 9.98. The number of fused-ring (bicyclic) bond motifs is 1. The van der Waals surface area contributed by atoms with E-state index in [0.717, 1.165) is 16.9 Å². The van der Waals surface area contributed by atoms with Gasteiger partial charge in [-0.15, -0.1) is 0 Å². The maximum absolute atomic E-state index is 13.0. The molecule has 2 aromatic rings. The zero-order valence-electron chi connectivity index (χ0n) is 14.2. The fourth-order valence-electron chi connectivity index (χ4n) is 3.08. The predicted octanol–water partition coefficient (Wildman–Crippen LogP) is 4.64. The maximum Gasteiger partial charge on any atom is 0.303 e. The van der Waals surface area contributed by atoms with Crippen molar-refractivity contribution in [3.05, 3.63) is 66.2 Å². The van der Waals surface area contributed by atoms with Crippen molar-refractivity contribution in [3.8, 4) is 0 Å². The minimum atomic E-state index is -0.781. The van der Waals surface area contributed by atoms with Crippen molar-refractivity contribution in [1.82, 2.24) is 0 Å². The van der Waals surface area contributed by atoms with Gasteiger partial charge in [-0.05, 0) is 37.0 Å². The molecular weight excluding hydrogens is 314 g/mol. The number of carbonyl (C=O) groups excluding carboxylic acids is 1. The van der Waals surface area contributed by atoms with Crippen LogP contribution in [0.5, 0.6) is 0 Å². The van der Waals surface area contributed by atoms with Gasteiger partial charge in [-0.1, -0.05) is 49.4 Å². The Labute approximate surface area is 147 Å². The molecule has 1 atom stereocenters. The maximum atomic E-state index is 13.0. The molecule has 0 spiro atoms. The Balaban J connectivity index is 1.87. The number of allylic oxidation sites excluding steroid dienone is 1. The van der Waals surface area contributed by atoms with Crippen molar-refractivity contribution in [2.45, 2.75) is 26.2 Å². The molecule has 0 saturated heterocycles. The standard InChI is InChI=1S/C21H21NO3/c1-15(12-14-20(23)24)11-13-18-17-9-5-6-10-19(17)22(21(18)25)16-7-3-2-4-8-16/h2-10,13,15H,11-12,14H2,1H3,(H,23,24)/b18-13+. The van der Waals surface area contributed by atoms with Crippen LogP contribution in [0.15, 0.2) is 60.7 Å². The minimum absolute atomic E-state index is 0.0298. The molecule has 0 fully saturated rings. The summed E-state index contributed by atoms with van der Waals surface area (Å²) in [6.07, 6.45) is 3.41. The van der Waals surface area contributed by atoms with Gasteiger partial charge >= 0.3 is 5.97 Å². The molecule has 0 radical (unpaired) electrons. The molecule has 4 nitrogen and oxygen atoms in total. The summed E-state index contributed by atoms with van der Waals surface area (Å²) < 4.78 is 0. The predicted molar refractivity (Wildman–Crippen MR) is 98.7 cm³/mol. The molecule has 1 N–H and O–H groups in total. The number of benzene rings is 2. The number of nitrogens with zero attached hydrogens (tertiary/aromatic N) is 1. The van der Waals surface area contributed by atoms with Gasteiger partial charge in [0.1, 0.15) is 0 Å². The normalized spacial score (nSPS) is 16.1. The van der Waals surface area contributed by atoms with Crippen molar-refractivity contribution in [2.75, 3.05) is 4.90 Å². The van der Waals surface area contributed by atoms with Gasteiger partial charge in [-0.3, -0.25) is 14.5 Å². The first-order chi connectivity index (χ1) is 12.1. The van der Waals surface area contributed by atoms with Gasteiger partial charge in [0.2, 0.25) is 0 Å². The summed E-state index contributed by atoms with van der Waals surface area (Å²) in [5.41, 5.74) is 3.37. The number of aliphatic carboxylic acids is 1. The fraction of sp³-hybridized carbons (Fsp3) is 0.238. The number of hydrogen-bond donors (Lipinski definition) is 1. The summed E-state index contributed by atoms with van der Waals surface area (Å²) in [4.78, 5) is 25.4. The van der Waals surface area contributed by atoms with Crippen LogP contribution in [0, 0.1) is 5.92 Å². The number of anilines is 2. The number of para-hydroxylation sites is 2. The average Bonchev–Trinajstić information content (AvgIpc) is 2.90. The van der Waals surface area contributed by atoms with Crippen LogP contribution in [-0.4, -0.2) is 17.0 Å². The molecule has 1 unspecified atom stereocenters. The first-order valence-corrected chi connectivity index (χ1v) is 8.49. The van der Waals surface area contributed by atoms with Crippen LogP contribution in [-0.2, 0) is 9.59 Å². The van der Waals surface area contributed by atoms with Crippen LogP contribution >= 0.6 is 0 Å². The van der Waals surface area contributed by atoms with E-state index in [-0.39, 0.29) is 18.2 Å². The number of carbonyl (C=O) groups is 2. The van der Waals surface area contributed by atoms with E-state index in [1.54, 1.807) is 4.90 Å². The molecule has 1 heterocycles. The van der Waals surface area contributed by atoms with Gasteiger partial charge < -0.3 is 5.11 Å². The summed E-state index contributed by atoms with van der Waals surface area (Å²) in [5.74, 6) is -0.593. The van der Waals surface area contributed by atoms with E-state index >= 15 is 0 Å². The molecule has 3 rings (SSSR count). The van der Waals surface area contributed by atoms with Crippen molar-refractivity contribution in [1.29, 1.82) is 0 Å². The third-order valence-corrected chi connectivity index (χ3v) is 4.46. The van der Waals surface area contributed by atoms with Crippen LogP contribution in [0.4, 0.5) is 11.4 Å². The summed E-state index contributed by atoms with van der Waals surface area (Å²) in [6, 6.07) is 17.4. The zero-order valence-corrected chi connectivity index (χ0v) is 14.2. The van der Waals surface area contributed by atoms with Crippen molar-refractivity contribution >= 4 is 28.8 Å². The Bertz CT molecular complexity index is 811. The van der Waals surface area contributed by atoms with Crippen molar-refractivity contribution in [2.24, 2.45) is 5.92 Å². The second-order valence-corrected chi connectivity index (χ2v) is 6.38. The largest absolute Gasteiger partial charge is 0.481 e. The molecular formula is C21H21NO3. The van der Waals surface area contributed by atoms with E-state index < -0.39 is 5.97 Å². The van der Waals surface area contributed by atoms with Crippen LogP contribution in [0.1, 0.15) is 31.7 Å². The third kappa shape index (κ3) is 3.63. The van der Waals surface area contributed by atoms with Crippen LogP contribution in [0.3, 0.4) is 0 Å². The summed E-state index contributed by atoms with van der Waals surface area (Å²) in [7, 11) is 0. The molecule has 0 bridgehead atoms. The summed E-state index contributed by atoms with van der Waals surface area (Å²) in [5, 5.41) is 8.80. The Morgan fingerprint density at radius 2 is 1.80 bits per heavy atom. The SMILES string of the molecule is CC(C/C=C1/C(=O)N(c2ccccc2)c2ccccc21)CCC(=O)O. The van der Waals surface area contributed by atoms with E-state index in [0.29, 0.717) is 18.4 Å². The molecule has 1 aliphatic rings. The van der Waals surface area contributed by atoms with Gasteiger partial charge in [0.15, 0.2) is 0 Å². The van der Waals surface area contributed by atoms with Gasteiger partial charge in [0.25, 0.3) is 5.91 Å². The van der Waals surface area contributed by atoms with Crippen LogP contribution in [0.25, 0.3) is 5.57 Å². The highest BCUT2D eigenvalue weighted by molar-refractivity contribution is 6.34. The highest BCUT2D eigenvalue weighted by atomic mass is 16.4. The minimum Gasteiger partial charge on any atom is -0.481 e. The van der Waals surface area contributed by atoms with Gasteiger partial charge in [-0.2, -0.15) is 0 Å². The van der Waals surface area contributed by atoms with E-state index in [1.807, 2.05) is 67.6 Å². The molecule has 1 aliphatic heterocycles. The van der Waals surface area contributed by atoms with E-state index in [2.05, 4.69) is 0 Å². The van der Waals surface area contributed by atoms with E-state index in [1.165, 1.54) is 0 Å². The first-order valence-electron chi connectivity index (χ1n) is 8.49. The fourth-order valence-corrected chi connectivity index (χ4v) is 3.08. The lowest BCUT2D eigenvalue weighted by Crippen LogP contribution is -2.20. The number of carboxylic acid groups (broad SMARTS) is 1. The Hall–Kier alpha value is -2.88. The van der Waals surface area contributed by atoms with Gasteiger partial charge in [0.05, 0.1) is 5.69 Å². The topological polar surface area (TPSA) is 57.6 Å². The zero-order chi connectivity index (χ0) is 17.8. The van der Waals surface area contributed by atoms with E-state index in [4.69, 9.17) is 5.11 Å². The number of amides is 1. The molecule has 1 amide bonds. The van der Waals surface area contributed by atoms with Gasteiger partial charge in [-0.25, -0.2) is 0 Å². The molecule has 4 heteroatoms. The Morgan fingerprint density at radius 3 is 2.52 bits per heavy atom. The number of carboxylic acids is 1. The molecule has 0 aromatic heterocycles.